The second-order valence-electron chi connectivity index (χ2n) is 3.26. The van der Waals surface area contributed by atoms with Crippen LogP contribution in [0.1, 0.15) is 0 Å². The third-order valence-electron chi connectivity index (χ3n) is 1.85. The Morgan fingerprint density at radius 1 is 0.895 bits per heavy atom. The summed E-state index contributed by atoms with van der Waals surface area (Å²) in [6.45, 7) is 0. The van der Waals surface area contributed by atoms with Crippen LogP contribution in [0.2, 0.25) is 0 Å². The van der Waals surface area contributed by atoms with Crippen LogP contribution >= 0.6 is 23.3 Å². The molecule has 0 saturated carbocycles. The van der Waals surface area contributed by atoms with Crippen LogP contribution in [0.4, 0.5) is 16.8 Å². The summed E-state index contributed by atoms with van der Waals surface area (Å²) >= 11 is 0. The molecule has 106 valence electrons. The van der Waals surface area contributed by atoms with Crippen molar-refractivity contribution in [2.75, 3.05) is 7.11 Å². The summed E-state index contributed by atoms with van der Waals surface area (Å²) in [7, 11) is -14.2. The summed E-state index contributed by atoms with van der Waals surface area (Å²) in [5.74, 6) is -0.0737. The fourth-order valence-electron chi connectivity index (χ4n) is 1.18. The summed E-state index contributed by atoms with van der Waals surface area (Å²) in [5, 5.41) is 0. The number of nitrogens with zero attached hydrogens (tertiary/aromatic N) is 3. The molecule has 0 fully saturated rings. The highest BCUT2D eigenvalue weighted by Crippen LogP contribution is 2.81. The standard InChI is InChI=1S/C7H8F4N3O2P3/c1-15-18(10)12-17(8,9)13-19(11,14-18)16-7-5-3-2-4-6-7/h2-6H,1H3. The molecule has 2 unspecified atom stereocenters. The Kier molecular flexibility index (Phi) is 3.94. The van der Waals surface area contributed by atoms with Gasteiger partial charge in [0.25, 0.3) is 0 Å². The van der Waals surface area contributed by atoms with E-state index in [9.17, 15) is 16.8 Å². The van der Waals surface area contributed by atoms with Gasteiger partial charge in [-0.15, -0.1) is 26.1 Å². The van der Waals surface area contributed by atoms with E-state index in [1.54, 1.807) is 6.07 Å². The maximum absolute atomic E-state index is 14.2. The second kappa shape index (κ2) is 5.06. The first-order valence-corrected chi connectivity index (χ1v) is 9.25. The molecule has 2 atom stereocenters. The van der Waals surface area contributed by atoms with Gasteiger partial charge in [-0.1, -0.05) is 18.2 Å². The van der Waals surface area contributed by atoms with Crippen LogP contribution in [0.5, 0.6) is 5.75 Å². The minimum absolute atomic E-state index is 0.0737. The second-order valence-corrected chi connectivity index (χ2v) is 8.75. The molecule has 1 aliphatic rings. The molecule has 0 aliphatic carbocycles. The van der Waals surface area contributed by atoms with Crippen LogP contribution in [0.25, 0.3) is 0 Å². The van der Waals surface area contributed by atoms with Gasteiger partial charge in [-0.05, 0) is 12.1 Å². The molecule has 5 nitrogen and oxygen atoms in total. The molecule has 1 aromatic rings. The zero-order valence-corrected chi connectivity index (χ0v) is 12.1. The summed E-state index contributed by atoms with van der Waals surface area (Å²) in [6.07, 6.45) is 0. The van der Waals surface area contributed by atoms with E-state index in [-0.39, 0.29) is 5.75 Å². The van der Waals surface area contributed by atoms with E-state index >= 15 is 0 Å². The number of hydrogen-bond acceptors (Lipinski definition) is 5. The third kappa shape index (κ3) is 3.69. The van der Waals surface area contributed by atoms with Gasteiger partial charge >= 0.3 is 23.3 Å². The quantitative estimate of drug-likeness (QED) is 0.471. The first kappa shape index (κ1) is 14.8. The Morgan fingerprint density at radius 2 is 1.53 bits per heavy atom. The fourth-order valence-corrected chi connectivity index (χ4v) is 7.05. The van der Waals surface area contributed by atoms with E-state index in [2.05, 4.69) is 22.6 Å². The van der Waals surface area contributed by atoms with E-state index in [4.69, 9.17) is 0 Å². The topological polar surface area (TPSA) is 55.5 Å². The highest BCUT2D eigenvalue weighted by molar-refractivity contribution is 7.77. The van der Waals surface area contributed by atoms with Gasteiger partial charge in [0.15, 0.2) is 0 Å². The van der Waals surface area contributed by atoms with Crippen molar-refractivity contribution in [3.05, 3.63) is 30.3 Å². The Bertz CT molecular complexity index is 644. The van der Waals surface area contributed by atoms with Gasteiger partial charge in [0.1, 0.15) is 5.75 Å². The van der Waals surface area contributed by atoms with Gasteiger partial charge in [-0.2, -0.15) is 4.20 Å². The number of rotatable bonds is 3. The fraction of sp³-hybridized carbons (Fsp3) is 0.143. The molecule has 0 amide bonds. The van der Waals surface area contributed by atoms with Crippen molar-refractivity contribution in [2.45, 2.75) is 0 Å². The van der Waals surface area contributed by atoms with Gasteiger partial charge in [-0.25, -0.2) is 0 Å². The van der Waals surface area contributed by atoms with Crippen LogP contribution in [0, 0.1) is 0 Å². The van der Waals surface area contributed by atoms with Crippen LogP contribution in [-0.2, 0) is 4.52 Å². The molecule has 1 heterocycles. The normalized spacial score (nSPS) is 32.7. The smallest absolute Gasteiger partial charge is 0.419 e. The predicted molar refractivity (Wildman–Crippen MR) is 66.6 cm³/mol. The van der Waals surface area contributed by atoms with Crippen LogP contribution in [0.15, 0.2) is 43.9 Å². The molecule has 0 saturated heterocycles. The third-order valence-corrected chi connectivity index (χ3v) is 8.01. The maximum atomic E-state index is 14.2. The molecule has 0 bridgehead atoms. The summed E-state index contributed by atoms with van der Waals surface area (Å²) in [4.78, 5) is 0. The minimum Gasteiger partial charge on any atom is -0.419 e. The van der Waals surface area contributed by atoms with Crippen LogP contribution in [0.3, 0.4) is 0 Å². The van der Waals surface area contributed by atoms with Crippen molar-refractivity contribution in [1.29, 1.82) is 0 Å². The van der Waals surface area contributed by atoms with E-state index in [1.807, 2.05) is 0 Å². The van der Waals surface area contributed by atoms with Gasteiger partial charge in [-0.3, -0.25) is 0 Å². The van der Waals surface area contributed by atoms with E-state index in [0.717, 1.165) is 7.11 Å². The first-order chi connectivity index (χ1) is 8.76. The van der Waals surface area contributed by atoms with Crippen molar-refractivity contribution in [2.24, 2.45) is 13.5 Å². The van der Waals surface area contributed by atoms with Crippen LogP contribution < -0.4 is 4.52 Å². The van der Waals surface area contributed by atoms with Gasteiger partial charge in [0.05, 0.1) is 0 Å². The summed E-state index contributed by atoms with van der Waals surface area (Å²) < 4.78 is 71.2. The van der Waals surface area contributed by atoms with Crippen molar-refractivity contribution >= 4 is 23.3 Å². The Labute approximate surface area is 106 Å². The van der Waals surface area contributed by atoms with Crippen molar-refractivity contribution in [1.82, 2.24) is 0 Å². The SMILES string of the molecule is COP1(F)=NP(F)(F)=NP(F)(Oc2ccccc2)=N1. The van der Waals surface area contributed by atoms with Gasteiger partial charge < -0.3 is 9.05 Å². The Balaban J connectivity index is 2.49. The van der Waals surface area contributed by atoms with E-state index in [0.29, 0.717) is 0 Å². The lowest BCUT2D eigenvalue weighted by molar-refractivity contribution is 0.419. The molecule has 12 heteroatoms. The zero-order chi connectivity index (χ0) is 14.1. The number of para-hydroxylation sites is 1. The molecule has 0 spiro atoms. The average molecular weight is 335 g/mol. The molecule has 2 rings (SSSR count). The van der Waals surface area contributed by atoms with Gasteiger partial charge in [0, 0.05) is 7.11 Å². The number of hydrogen-bond donors (Lipinski definition) is 0. The van der Waals surface area contributed by atoms with E-state index in [1.165, 1.54) is 24.3 Å². The van der Waals surface area contributed by atoms with Crippen molar-refractivity contribution in [3.63, 3.8) is 0 Å². The maximum Gasteiger partial charge on any atom is 0.441 e. The number of halogens is 4. The lowest BCUT2D eigenvalue weighted by atomic mass is 10.3. The zero-order valence-electron chi connectivity index (χ0n) is 9.40. The molecule has 19 heavy (non-hydrogen) atoms. The summed E-state index contributed by atoms with van der Waals surface area (Å²) in [5.41, 5.74) is 0. The highest BCUT2D eigenvalue weighted by Gasteiger charge is 2.41. The van der Waals surface area contributed by atoms with Crippen molar-refractivity contribution < 1.29 is 25.8 Å². The Hall–Kier alpha value is -0.610. The lowest BCUT2D eigenvalue weighted by Crippen LogP contribution is -1.88. The van der Waals surface area contributed by atoms with Crippen molar-refractivity contribution in [3.8, 4) is 5.75 Å². The molecule has 1 aliphatic heterocycles. The monoisotopic (exact) mass is 335 g/mol. The molecule has 1 aromatic carbocycles. The average Bonchev–Trinajstić information content (AvgIpc) is 2.26. The number of benzene rings is 1. The van der Waals surface area contributed by atoms with Crippen LogP contribution in [-0.4, -0.2) is 7.11 Å². The first-order valence-electron chi connectivity index (χ1n) is 4.76. The molecule has 0 radical (unpaired) electrons. The Morgan fingerprint density at radius 3 is 2.11 bits per heavy atom. The molecule has 0 N–H and O–H groups in total. The summed E-state index contributed by atoms with van der Waals surface area (Å²) in [6, 6.07) is 7.25. The minimum atomic E-state index is -5.48. The molecule has 0 aromatic heterocycles. The highest BCUT2D eigenvalue weighted by atomic mass is 31.3. The predicted octanol–water partition coefficient (Wildman–Crippen LogP) is 6.44. The van der Waals surface area contributed by atoms with Gasteiger partial charge in [0.2, 0.25) is 0 Å². The largest absolute Gasteiger partial charge is 0.441 e. The lowest BCUT2D eigenvalue weighted by Gasteiger charge is -2.19. The molecular formula is C7H8F4N3O2P3. The van der Waals surface area contributed by atoms with E-state index < -0.39 is 23.3 Å². The molecular weight excluding hydrogens is 327 g/mol.